The Morgan fingerprint density at radius 1 is 1.29 bits per heavy atom. The first-order valence-electron chi connectivity index (χ1n) is 4.72. The number of hydrogen-bond acceptors (Lipinski definition) is 6. The third-order valence-electron chi connectivity index (χ3n) is 2.08. The van der Waals surface area contributed by atoms with Crippen molar-refractivity contribution in [3.05, 3.63) is 6.07 Å². The lowest BCUT2D eigenvalue weighted by Gasteiger charge is -2.10. The van der Waals surface area contributed by atoms with Crippen LogP contribution in [0.1, 0.15) is 6.92 Å². The van der Waals surface area contributed by atoms with Crippen molar-refractivity contribution < 1.29 is 17.9 Å². The molecule has 0 spiro atoms. The summed E-state index contributed by atoms with van der Waals surface area (Å²) in [6, 6.07) is 1.39. The van der Waals surface area contributed by atoms with Gasteiger partial charge in [0.1, 0.15) is 0 Å². The van der Waals surface area contributed by atoms with E-state index in [2.05, 4.69) is 9.97 Å². The number of aromatic nitrogens is 2. The molecule has 0 aliphatic rings. The van der Waals surface area contributed by atoms with Crippen LogP contribution in [0.25, 0.3) is 0 Å². The number of rotatable bonds is 5. The van der Waals surface area contributed by atoms with Crippen molar-refractivity contribution in [2.24, 2.45) is 0 Å². The molecule has 17 heavy (non-hydrogen) atoms. The number of hydrogen-bond donors (Lipinski definition) is 0. The van der Waals surface area contributed by atoms with Crippen LogP contribution in [0, 0.1) is 0 Å². The van der Waals surface area contributed by atoms with Crippen LogP contribution in [-0.4, -0.2) is 43.7 Å². The predicted molar refractivity (Wildman–Crippen MR) is 62.5 cm³/mol. The molecule has 0 aromatic carbocycles. The molecule has 1 unspecified atom stereocenters. The highest BCUT2D eigenvalue weighted by molar-refractivity contribution is 7.91. The Kier molecular flexibility index (Phi) is 4.53. The fourth-order valence-electron chi connectivity index (χ4n) is 0.983. The van der Waals surface area contributed by atoms with Gasteiger partial charge in [0.05, 0.1) is 25.5 Å². The Morgan fingerprint density at radius 3 is 2.12 bits per heavy atom. The number of alkyl halides is 1. The minimum atomic E-state index is -3.67. The molecule has 1 aromatic heterocycles. The van der Waals surface area contributed by atoms with E-state index >= 15 is 0 Å². The number of sulfone groups is 1. The van der Waals surface area contributed by atoms with Crippen LogP contribution in [0.3, 0.4) is 0 Å². The first kappa shape index (κ1) is 14.0. The van der Waals surface area contributed by atoms with Crippen molar-refractivity contribution in [1.29, 1.82) is 0 Å². The smallest absolute Gasteiger partial charge is 0.253 e. The van der Waals surface area contributed by atoms with E-state index in [0.717, 1.165) is 0 Å². The molecule has 0 aliphatic carbocycles. The van der Waals surface area contributed by atoms with Gasteiger partial charge in [-0.1, -0.05) is 0 Å². The summed E-state index contributed by atoms with van der Waals surface area (Å²) >= 11 is 5.54. The summed E-state index contributed by atoms with van der Waals surface area (Å²) in [5.41, 5.74) is 0. The van der Waals surface area contributed by atoms with E-state index in [1.807, 2.05) is 0 Å². The summed E-state index contributed by atoms with van der Waals surface area (Å²) in [4.78, 5) is 7.56. The minimum Gasteiger partial charge on any atom is -0.481 e. The van der Waals surface area contributed by atoms with Gasteiger partial charge in [-0.3, -0.25) is 0 Å². The first-order chi connectivity index (χ1) is 7.95. The Labute approximate surface area is 105 Å². The molecule has 0 fully saturated rings. The van der Waals surface area contributed by atoms with Gasteiger partial charge in [-0.05, 0) is 6.92 Å². The summed E-state index contributed by atoms with van der Waals surface area (Å²) in [7, 11) is -0.912. The second-order valence-corrected chi connectivity index (χ2v) is 5.81. The standard InChI is InChI=1S/C9H13ClN2O4S/c1-6(5-10)17(13,14)9-11-7(15-2)4-8(12-9)16-3/h4,6H,5H2,1-3H3. The van der Waals surface area contributed by atoms with Gasteiger partial charge < -0.3 is 9.47 Å². The van der Waals surface area contributed by atoms with Crippen LogP contribution in [-0.2, 0) is 9.84 Å². The minimum absolute atomic E-state index is 0.0365. The van der Waals surface area contributed by atoms with E-state index in [0.29, 0.717) is 0 Å². The van der Waals surface area contributed by atoms with Crippen LogP contribution in [0.4, 0.5) is 0 Å². The molecule has 0 bridgehead atoms. The maximum absolute atomic E-state index is 12.0. The molecule has 1 atom stereocenters. The van der Waals surface area contributed by atoms with Crippen molar-refractivity contribution in [3.63, 3.8) is 0 Å². The molecule has 0 amide bonds. The Bertz CT molecular complexity index is 470. The van der Waals surface area contributed by atoms with E-state index in [4.69, 9.17) is 21.1 Å². The SMILES string of the molecule is COc1cc(OC)nc(S(=O)(=O)C(C)CCl)n1. The Morgan fingerprint density at radius 2 is 1.76 bits per heavy atom. The predicted octanol–water partition coefficient (Wildman–Crippen LogP) is 0.895. The largest absolute Gasteiger partial charge is 0.481 e. The summed E-state index contributed by atoms with van der Waals surface area (Å²) in [6.07, 6.45) is 0. The van der Waals surface area contributed by atoms with E-state index in [-0.39, 0.29) is 22.8 Å². The van der Waals surface area contributed by atoms with Gasteiger partial charge in [-0.15, -0.1) is 11.6 Å². The Balaban J connectivity index is 3.31. The van der Waals surface area contributed by atoms with Gasteiger partial charge in [-0.25, -0.2) is 8.42 Å². The number of ether oxygens (including phenoxy) is 2. The summed E-state index contributed by atoms with van der Waals surface area (Å²) in [5, 5.41) is -1.12. The highest BCUT2D eigenvalue weighted by atomic mass is 35.5. The zero-order valence-electron chi connectivity index (χ0n) is 9.68. The number of halogens is 1. The highest BCUT2D eigenvalue weighted by Gasteiger charge is 2.27. The third kappa shape index (κ3) is 2.98. The normalized spacial score (nSPS) is 13.2. The van der Waals surface area contributed by atoms with Gasteiger partial charge >= 0.3 is 0 Å². The summed E-state index contributed by atoms with van der Waals surface area (Å²) < 4.78 is 33.7. The van der Waals surface area contributed by atoms with Crippen molar-refractivity contribution in [2.75, 3.05) is 20.1 Å². The second kappa shape index (κ2) is 5.50. The van der Waals surface area contributed by atoms with Crippen LogP contribution in [0.2, 0.25) is 0 Å². The zero-order chi connectivity index (χ0) is 13.1. The fourth-order valence-corrected chi connectivity index (χ4v) is 2.44. The second-order valence-electron chi connectivity index (χ2n) is 3.25. The molecule has 0 saturated heterocycles. The quantitative estimate of drug-likeness (QED) is 0.589. The molecular weight excluding hydrogens is 268 g/mol. The molecule has 6 nitrogen and oxygen atoms in total. The number of nitrogens with zero attached hydrogens (tertiary/aromatic N) is 2. The lowest BCUT2D eigenvalue weighted by molar-refractivity contribution is 0.362. The first-order valence-corrected chi connectivity index (χ1v) is 6.80. The van der Waals surface area contributed by atoms with E-state index < -0.39 is 15.1 Å². The lowest BCUT2D eigenvalue weighted by Crippen LogP contribution is -2.22. The van der Waals surface area contributed by atoms with E-state index in [1.54, 1.807) is 0 Å². The van der Waals surface area contributed by atoms with Crippen molar-refractivity contribution in [2.45, 2.75) is 17.3 Å². The van der Waals surface area contributed by atoms with Crippen LogP contribution in [0.5, 0.6) is 11.8 Å². The molecule has 96 valence electrons. The van der Waals surface area contributed by atoms with Crippen LogP contribution < -0.4 is 9.47 Å². The Hall–Kier alpha value is -1.08. The van der Waals surface area contributed by atoms with E-state index in [9.17, 15) is 8.42 Å². The molecule has 0 aliphatic heterocycles. The summed E-state index contributed by atoms with van der Waals surface area (Å²) in [5.74, 6) is 0.208. The highest BCUT2D eigenvalue weighted by Crippen LogP contribution is 2.20. The maximum atomic E-state index is 12.0. The molecule has 0 N–H and O–H groups in total. The van der Waals surface area contributed by atoms with Gasteiger partial charge in [0.2, 0.25) is 21.6 Å². The van der Waals surface area contributed by atoms with Crippen molar-refractivity contribution >= 4 is 21.4 Å². The molecule has 1 heterocycles. The fraction of sp³-hybridized carbons (Fsp3) is 0.556. The maximum Gasteiger partial charge on any atom is 0.253 e. The molecule has 1 rings (SSSR count). The number of methoxy groups -OCH3 is 2. The van der Waals surface area contributed by atoms with E-state index in [1.165, 1.54) is 27.2 Å². The van der Waals surface area contributed by atoms with Gasteiger partial charge in [0.25, 0.3) is 5.16 Å². The van der Waals surface area contributed by atoms with Crippen LogP contribution >= 0.6 is 11.6 Å². The third-order valence-corrected chi connectivity index (χ3v) is 4.64. The molecular formula is C9H13ClN2O4S. The lowest BCUT2D eigenvalue weighted by atomic mass is 10.6. The van der Waals surface area contributed by atoms with Gasteiger partial charge in [0, 0.05) is 5.88 Å². The van der Waals surface area contributed by atoms with Crippen molar-refractivity contribution in [1.82, 2.24) is 9.97 Å². The zero-order valence-corrected chi connectivity index (χ0v) is 11.2. The molecule has 8 heteroatoms. The molecule has 1 aromatic rings. The molecule has 0 radical (unpaired) electrons. The van der Waals surface area contributed by atoms with Crippen LogP contribution in [0.15, 0.2) is 11.2 Å². The summed E-state index contributed by atoms with van der Waals surface area (Å²) in [6.45, 7) is 1.48. The van der Waals surface area contributed by atoms with Crippen molar-refractivity contribution in [3.8, 4) is 11.8 Å². The van der Waals surface area contributed by atoms with Gasteiger partial charge in [0.15, 0.2) is 0 Å². The average molecular weight is 281 g/mol. The monoisotopic (exact) mass is 280 g/mol. The topological polar surface area (TPSA) is 78.4 Å². The molecule has 0 saturated carbocycles. The average Bonchev–Trinajstić information content (AvgIpc) is 2.36. The van der Waals surface area contributed by atoms with Gasteiger partial charge in [-0.2, -0.15) is 9.97 Å².